The van der Waals surface area contributed by atoms with E-state index in [9.17, 15) is 32.8 Å². The lowest BCUT2D eigenvalue weighted by Gasteiger charge is -2.41. The molecule has 0 saturated carbocycles. The van der Waals surface area contributed by atoms with E-state index >= 15 is 0 Å². The molecule has 1 heterocycles. The molecular formula is C42H67F2N3O8. The van der Waals surface area contributed by atoms with Crippen LogP contribution in [0.1, 0.15) is 97.9 Å². The quantitative estimate of drug-likeness (QED) is 0.138. The summed E-state index contributed by atoms with van der Waals surface area (Å²) in [5.41, 5.74) is -0.674. The lowest BCUT2D eigenvalue weighted by molar-refractivity contribution is -0.149. The molecule has 1 N–H and O–H groups in total. The van der Waals surface area contributed by atoms with Gasteiger partial charge in [-0.2, -0.15) is 0 Å². The first-order chi connectivity index (χ1) is 25.8. The van der Waals surface area contributed by atoms with Crippen LogP contribution >= 0.6 is 0 Å². The molecule has 1 fully saturated rings. The number of hydrogen-bond donors (Lipinski definition) is 1. The van der Waals surface area contributed by atoms with Gasteiger partial charge in [-0.25, -0.2) is 8.78 Å². The number of hydrogen-bond acceptors (Lipinski definition) is 9. The summed E-state index contributed by atoms with van der Waals surface area (Å²) < 4.78 is 46.3. The second-order valence-corrected chi connectivity index (χ2v) is 16.1. The molecule has 13 heteroatoms. The van der Waals surface area contributed by atoms with E-state index in [-0.39, 0.29) is 79.1 Å². The summed E-state index contributed by atoms with van der Waals surface area (Å²) in [5, 5.41) is 3.09. The van der Waals surface area contributed by atoms with Crippen molar-refractivity contribution in [2.45, 2.75) is 124 Å². The zero-order chi connectivity index (χ0) is 41.9. The fraction of sp³-hybridized carbons (Fsp3) is 0.738. The van der Waals surface area contributed by atoms with Crippen molar-refractivity contribution < 1.29 is 47.0 Å². The normalized spacial score (nSPS) is 20.4. The lowest BCUT2D eigenvalue weighted by Crippen LogP contribution is -2.54. The smallest absolute Gasteiger partial charge is 0.226 e. The minimum atomic E-state index is -1.00. The number of nitrogens with one attached hydrogen (secondary N) is 1. The number of amides is 2. The Balaban J connectivity index is 2.34. The van der Waals surface area contributed by atoms with E-state index in [0.717, 1.165) is 12.1 Å². The van der Waals surface area contributed by atoms with Gasteiger partial charge in [0.1, 0.15) is 17.4 Å². The molecule has 1 aromatic carbocycles. The van der Waals surface area contributed by atoms with Crippen molar-refractivity contribution >= 4 is 29.2 Å². The van der Waals surface area contributed by atoms with Crippen LogP contribution in [0.25, 0.3) is 0 Å². The second-order valence-electron chi connectivity index (χ2n) is 16.1. The number of carbonyl (C=O) groups excluding carboxylic acids is 5. The topological polar surface area (TPSA) is 132 Å². The van der Waals surface area contributed by atoms with Crippen molar-refractivity contribution in [1.82, 2.24) is 15.1 Å². The third-order valence-corrected chi connectivity index (χ3v) is 11.7. The molecule has 10 atom stereocenters. The molecule has 1 aliphatic rings. The van der Waals surface area contributed by atoms with E-state index in [1.807, 2.05) is 41.5 Å². The molecule has 11 nitrogen and oxygen atoms in total. The SMILES string of the molecule is CC[C@H](C)[C@@H]([C@@H](CC(=O)N1C[C@H](OC)CC1[C@H](OC)[C@@H](C)C(=O)C[C@H](C)C(=O)c1c(F)cccc1F)OC)N(C)C(=O)[C@@H](CC(=O)[C@@H](NC)C(C)C)C(C)C. The molecule has 55 heavy (non-hydrogen) atoms. The summed E-state index contributed by atoms with van der Waals surface area (Å²) in [4.78, 5) is 71.8. The molecule has 0 spiro atoms. The van der Waals surface area contributed by atoms with Gasteiger partial charge in [0, 0.05) is 65.5 Å². The van der Waals surface area contributed by atoms with E-state index < -0.39 is 65.0 Å². The number of rotatable bonds is 23. The van der Waals surface area contributed by atoms with E-state index in [4.69, 9.17) is 14.2 Å². The van der Waals surface area contributed by atoms with Crippen LogP contribution in [0, 0.1) is 47.1 Å². The molecule has 1 aromatic rings. The first kappa shape index (κ1) is 48.0. The van der Waals surface area contributed by atoms with Crippen molar-refractivity contribution in [2.24, 2.45) is 35.5 Å². The van der Waals surface area contributed by atoms with Crippen molar-refractivity contribution in [3.63, 3.8) is 0 Å². The number of Topliss-reactive ketones (excluding diaryl/α,β-unsaturated/α-hetero) is 3. The molecule has 1 aliphatic heterocycles. The molecule has 1 saturated heterocycles. The van der Waals surface area contributed by atoms with Crippen LogP contribution in [-0.2, 0) is 33.4 Å². The number of methoxy groups -OCH3 is 3. The summed E-state index contributed by atoms with van der Waals surface area (Å²) in [7, 11) is 7.98. The monoisotopic (exact) mass is 779 g/mol. The molecule has 2 amide bonds. The predicted molar refractivity (Wildman–Crippen MR) is 207 cm³/mol. The number of ether oxygens (including phenoxy) is 3. The van der Waals surface area contributed by atoms with Gasteiger partial charge in [0.05, 0.1) is 48.4 Å². The highest BCUT2D eigenvalue weighted by atomic mass is 19.1. The zero-order valence-electron chi connectivity index (χ0n) is 35.3. The van der Waals surface area contributed by atoms with E-state index in [1.165, 1.54) is 27.2 Å². The third kappa shape index (κ3) is 11.9. The largest absolute Gasteiger partial charge is 0.380 e. The molecule has 0 aliphatic carbocycles. The Morgan fingerprint density at radius 3 is 1.96 bits per heavy atom. The maximum atomic E-state index is 14.4. The number of nitrogens with zero attached hydrogens (tertiary/aromatic N) is 2. The molecule has 0 aromatic heterocycles. The molecule has 0 radical (unpaired) electrons. The Kier molecular flexibility index (Phi) is 19.2. The third-order valence-electron chi connectivity index (χ3n) is 11.7. The lowest BCUT2D eigenvalue weighted by atomic mass is 9.84. The molecule has 1 unspecified atom stereocenters. The van der Waals surface area contributed by atoms with Gasteiger partial charge in [0.15, 0.2) is 11.6 Å². The Labute approximate surface area is 327 Å². The number of likely N-dealkylation sites (N-methyl/N-ethyl adjacent to an activating group) is 2. The first-order valence-electron chi connectivity index (χ1n) is 19.7. The number of halogens is 2. The van der Waals surface area contributed by atoms with Crippen molar-refractivity contribution in [3.8, 4) is 0 Å². The number of benzene rings is 1. The fourth-order valence-corrected chi connectivity index (χ4v) is 8.13. The summed E-state index contributed by atoms with van der Waals surface area (Å²) in [6, 6.07) is 1.72. The van der Waals surface area contributed by atoms with E-state index in [2.05, 4.69) is 5.32 Å². The Morgan fingerprint density at radius 1 is 0.891 bits per heavy atom. The Morgan fingerprint density at radius 2 is 1.49 bits per heavy atom. The fourth-order valence-electron chi connectivity index (χ4n) is 8.13. The van der Waals surface area contributed by atoms with Crippen molar-refractivity contribution in [1.29, 1.82) is 0 Å². The van der Waals surface area contributed by atoms with Gasteiger partial charge >= 0.3 is 0 Å². The number of ketones is 3. The van der Waals surface area contributed by atoms with Crippen molar-refractivity contribution in [2.75, 3.05) is 42.0 Å². The van der Waals surface area contributed by atoms with Crippen LogP contribution in [0.3, 0.4) is 0 Å². The summed E-state index contributed by atoms with van der Waals surface area (Å²) in [5.74, 6) is -6.08. The average molecular weight is 780 g/mol. The van der Waals surface area contributed by atoms with E-state index in [1.54, 1.807) is 37.9 Å². The highest BCUT2D eigenvalue weighted by Gasteiger charge is 2.46. The van der Waals surface area contributed by atoms with Gasteiger partial charge in [-0.1, -0.05) is 67.9 Å². The highest BCUT2D eigenvalue weighted by molar-refractivity contribution is 6.00. The predicted octanol–water partition coefficient (Wildman–Crippen LogP) is 5.76. The molecule has 2 rings (SSSR count). The van der Waals surface area contributed by atoms with Crippen LogP contribution in [0.4, 0.5) is 8.78 Å². The van der Waals surface area contributed by atoms with Crippen LogP contribution in [0.15, 0.2) is 18.2 Å². The Bertz CT molecular complexity index is 1440. The zero-order valence-corrected chi connectivity index (χ0v) is 35.3. The van der Waals surface area contributed by atoms with Gasteiger partial charge in [-0.05, 0) is 43.4 Å². The van der Waals surface area contributed by atoms with Gasteiger partial charge in [0.25, 0.3) is 0 Å². The van der Waals surface area contributed by atoms with Crippen LogP contribution in [-0.4, -0.2) is 117 Å². The Hall–Kier alpha value is -3.13. The second kappa shape index (κ2) is 22.0. The maximum absolute atomic E-state index is 14.4. The first-order valence-corrected chi connectivity index (χ1v) is 19.7. The van der Waals surface area contributed by atoms with E-state index in [0.29, 0.717) is 12.8 Å². The van der Waals surface area contributed by atoms with Crippen LogP contribution in [0.5, 0.6) is 0 Å². The summed E-state index contributed by atoms with van der Waals surface area (Å²) >= 11 is 0. The van der Waals surface area contributed by atoms with Gasteiger partial charge < -0.3 is 29.3 Å². The minimum absolute atomic E-state index is 0.0234. The highest BCUT2D eigenvalue weighted by Crippen LogP contribution is 2.32. The molecular weight excluding hydrogens is 712 g/mol. The van der Waals surface area contributed by atoms with Gasteiger partial charge in [-0.15, -0.1) is 0 Å². The number of carbonyl (C=O) groups is 5. The summed E-state index contributed by atoms with van der Waals surface area (Å²) in [6.07, 6.45) is -1.01. The van der Waals surface area contributed by atoms with Crippen LogP contribution < -0.4 is 5.32 Å². The van der Waals surface area contributed by atoms with Gasteiger partial charge in [0.2, 0.25) is 11.8 Å². The summed E-state index contributed by atoms with van der Waals surface area (Å²) in [6.45, 7) is 15.2. The molecule has 312 valence electrons. The van der Waals surface area contributed by atoms with Crippen LogP contribution in [0.2, 0.25) is 0 Å². The average Bonchev–Trinajstić information content (AvgIpc) is 3.57. The number of likely N-dealkylation sites (tertiary alicyclic amines) is 1. The minimum Gasteiger partial charge on any atom is -0.380 e. The van der Waals surface area contributed by atoms with Gasteiger partial charge in [-0.3, -0.25) is 24.0 Å². The molecule has 0 bridgehead atoms. The van der Waals surface area contributed by atoms with Crippen molar-refractivity contribution in [3.05, 3.63) is 35.4 Å². The standard InChI is InChI=1S/C42H67F2N3O8/c1-14-25(6)39(46(10)42(52)29(23(2)3)20-34(49)38(45-9)24(4)5)35(54-12)21-36(50)47-22-28(53-11)19-32(47)41(55-13)27(8)33(48)18-26(7)40(51)37-30(43)16-15-17-31(37)44/h15-17,23-29,32,35,38-39,41,45H,14,18-22H2,1-13H3/t25-,26-,27-,28+,29-,32?,35+,38-,39-,41+/m0/s1. The maximum Gasteiger partial charge on any atom is 0.226 e.